The number of phenolic OH excluding ortho intramolecular Hbond substituents is 1. The van der Waals surface area contributed by atoms with E-state index < -0.39 is 0 Å². The fourth-order valence-corrected chi connectivity index (χ4v) is 6.39. The maximum Gasteiger partial charge on any atom is 0.132 e. The van der Waals surface area contributed by atoms with Crippen LogP contribution in [0.5, 0.6) is 5.75 Å². The molecule has 0 radical (unpaired) electrons. The molecule has 41 heavy (non-hydrogen) atoms. The zero-order valence-electron chi connectivity index (χ0n) is 22.4. The minimum absolute atomic E-state index is 0.315. The Balaban J connectivity index is 1.58. The zero-order chi connectivity index (χ0) is 27.3. The van der Waals surface area contributed by atoms with E-state index in [1.54, 1.807) is 0 Å². The number of hydrogen-bond acceptors (Lipinski definition) is 1. The Hall–Kier alpha value is -5.40. The molecule has 0 saturated carbocycles. The first-order valence-electron chi connectivity index (χ1n) is 14.0. The lowest BCUT2D eigenvalue weighted by atomic mass is 9.84. The maximum atomic E-state index is 12.4. The van der Waals surface area contributed by atoms with Crippen LogP contribution in [0.4, 0.5) is 0 Å². The highest BCUT2D eigenvalue weighted by Crippen LogP contribution is 2.49. The summed E-state index contributed by atoms with van der Waals surface area (Å²) in [4.78, 5) is 0. The summed E-state index contributed by atoms with van der Waals surface area (Å²) in [6, 6.07) is 53.3. The predicted octanol–water partition coefficient (Wildman–Crippen LogP) is 11.0. The van der Waals surface area contributed by atoms with Crippen molar-refractivity contribution in [1.29, 1.82) is 0 Å². The van der Waals surface area contributed by atoms with Crippen LogP contribution in [-0.4, -0.2) is 5.11 Å². The van der Waals surface area contributed by atoms with Gasteiger partial charge in [-0.25, -0.2) is 0 Å². The van der Waals surface area contributed by atoms with Gasteiger partial charge in [-0.15, -0.1) is 0 Å². The molecule has 8 aromatic carbocycles. The number of aromatic hydroxyl groups is 1. The van der Waals surface area contributed by atoms with Gasteiger partial charge in [0.25, 0.3) is 0 Å². The molecule has 0 bridgehead atoms. The lowest BCUT2D eigenvalue weighted by Gasteiger charge is -2.20. The Labute approximate surface area is 238 Å². The van der Waals surface area contributed by atoms with Gasteiger partial charge >= 0.3 is 0 Å². The van der Waals surface area contributed by atoms with Crippen LogP contribution in [0.1, 0.15) is 0 Å². The summed E-state index contributed by atoms with van der Waals surface area (Å²) < 4.78 is 0. The van der Waals surface area contributed by atoms with E-state index in [4.69, 9.17) is 0 Å². The normalized spacial score (nSPS) is 11.5. The molecule has 0 aliphatic rings. The maximum absolute atomic E-state index is 12.4. The molecule has 0 fully saturated rings. The molecule has 1 heteroatoms. The Morgan fingerprint density at radius 1 is 0.341 bits per heavy atom. The van der Waals surface area contributed by atoms with Crippen LogP contribution in [0.2, 0.25) is 0 Å². The summed E-state index contributed by atoms with van der Waals surface area (Å²) in [6.45, 7) is 0. The van der Waals surface area contributed by atoms with Crippen molar-refractivity contribution in [2.24, 2.45) is 0 Å². The largest absolute Gasteiger partial charge is 0.507 e. The van der Waals surface area contributed by atoms with E-state index >= 15 is 0 Å². The van der Waals surface area contributed by atoms with Crippen molar-refractivity contribution in [2.75, 3.05) is 0 Å². The number of rotatable bonds is 3. The van der Waals surface area contributed by atoms with Gasteiger partial charge in [0, 0.05) is 10.9 Å². The van der Waals surface area contributed by atoms with E-state index in [1.807, 2.05) is 24.3 Å². The summed E-state index contributed by atoms with van der Waals surface area (Å²) in [5.74, 6) is 0.315. The third kappa shape index (κ3) is 3.78. The van der Waals surface area contributed by atoms with Gasteiger partial charge < -0.3 is 5.11 Å². The number of fused-ring (bicyclic) bond motifs is 6. The highest BCUT2D eigenvalue weighted by atomic mass is 16.3. The van der Waals surface area contributed by atoms with E-state index in [9.17, 15) is 5.11 Å². The molecule has 0 saturated heterocycles. The summed E-state index contributed by atoms with van der Waals surface area (Å²) in [5, 5.41) is 21.2. The fraction of sp³-hybridized carbons (Fsp3) is 0. The molecule has 192 valence electrons. The summed E-state index contributed by atoms with van der Waals surface area (Å²) in [5.41, 5.74) is 6.18. The predicted molar refractivity (Wildman–Crippen MR) is 174 cm³/mol. The van der Waals surface area contributed by atoms with Crippen molar-refractivity contribution >= 4 is 43.1 Å². The van der Waals surface area contributed by atoms with Crippen molar-refractivity contribution in [3.8, 4) is 39.1 Å². The minimum Gasteiger partial charge on any atom is -0.507 e. The summed E-state index contributed by atoms with van der Waals surface area (Å²) in [7, 11) is 0. The molecule has 8 rings (SSSR count). The molecular weight excluding hydrogens is 496 g/mol. The first-order valence-corrected chi connectivity index (χ1v) is 14.0. The van der Waals surface area contributed by atoms with Crippen molar-refractivity contribution in [1.82, 2.24) is 0 Å². The van der Waals surface area contributed by atoms with Crippen LogP contribution in [0.3, 0.4) is 0 Å². The van der Waals surface area contributed by atoms with E-state index in [0.29, 0.717) is 5.75 Å². The minimum atomic E-state index is 0.315. The van der Waals surface area contributed by atoms with Crippen molar-refractivity contribution in [3.05, 3.63) is 152 Å². The Morgan fingerprint density at radius 3 is 1.56 bits per heavy atom. The molecule has 0 aliphatic carbocycles. The second-order valence-electron chi connectivity index (χ2n) is 10.7. The third-order valence-electron chi connectivity index (χ3n) is 8.33. The lowest BCUT2D eigenvalue weighted by molar-refractivity contribution is 0.484. The first kappa shape index (κ1) is 23.5. The van der Waals surface area contributed by atoms with Crippen LogP contribution in [0.25, 0.3) is 76.5 Å². The third-order valence-corrected chi connectivity index (χ3v) is 8.33. The SMILES string of the molecule is Oc1c(-c2cc3c(ccc4ccccc43)cc2-c2ccccc2)c(-c2ccccc2)cc2ccc3ccccc3c12. The van der Waals surface area contributed by atoms with Crippen LogP contribution in [0, 0.1) is 0 Å². The highest BCUT2D eigenvalue weighted by Gasteiger charge is 2.22. The number of hydrogen-bond donors (Lipinski definition) is 1. The quantitative estimate of drug-likeness (QED) is 0.229. The molecule has 0 aromatic heterocycles. The molecule has 0 aliphatic heterocycles. The van der Waals surface area contributed by atoms with Crippen molar-refractivity contribution in [2.45, 2.75) is 0 Å². The second-order valence-corrected chi connectivity index (χ2v) is 10.7. The topological polar surface area (TPSA) is 20.2 Å². The number of benzene rings is 8. The van der Waals surface area contributed by atoms with Crippen LogP contribution in [-0.2, 0) is 0 Å². The van der Waals surface area contributed by atoms with Gasteiger partial charge in [-0.2, -0.15) is 0 Å². The average molecular weight is 523 g/mol. The van der Waals surface area contributed by atoms with Gasteiger partial charge in [0.1, 0.15) is 5.75 Å². The molecule has 0 amide bonds. The standard InChI is InChI=1S/C40H26O/c41-40-38-31(22-20-29-16-8-10-18-33(29)38)24-36(27-13-5-2-6-14-27)39(40)37-25-35-30(21-19-28-15-7-9-17-32(28)35)23-34(37)26-11-3-1-4-12-26/h1-25,41H. The van der Waals surface area contributed by atoms with Crippen molar-refractivity contribution < 1.29 is 5.11 Å². The summed E-state index contributed by atoms with van der Waals surface area (Å²) >= 11 is 0. The molecule has 0 atom stereocenters. The molecular formula is C40H26O. The van der Waals surface area contributed by atoms with E-state index in [2.05, 4.69) is 127 Å². The van der Waals surface area contributed by atoms with E-state index in [0.717, 1.165) is 54.9 Å². The van der Waals surface area contributed by atoms with Crippen molar-refractivity contribution in [3.63, 3.8) is 0 Å². The first-order chi connectivity index (χ1) is 20.3. The molecule has 1 nitrogen and oxygen atoms in total. The van der Waals surface area contributed by atoms with Crippen LogP contribution >= 0.6 is 0 Å². The van der Waals surface area contributed by atoms with E-state index in [-0.39, 0.29) is 0 Å². The smallest absolute Gasteiger partial charge is 0.132 e. The molecule has 0 heterocycles. The van der Waals surface area contributed by atoms with Gasteiger partial charge in [-0.3, -0.25) is 0 Å². The average Bonchev–Trinajstić information content (AvgIpc) is 3.04. The Morgan fingerprint density at radius 2 is 0.854 bits per heavy atom. The van der Waals surface area contributed by atoms with Gasteiger partial charge in [0.15, 0.2) is 0 Å². The van der Waals surface area contributed by atoms with Gasteiger partial charge in [0.05, 0.1) is 0 Å². The molecule has 8 aromatic rings. The Bertz CT molecular complexity index is 2250. The zero-order valence-corrected chi connectivity index (χ0v) is 22.4. The number of phenols is 1. The van der Waals surface area contributed by atoms with Gasteiger partial charge in [-0.05, 0) is 83.7 Å². The molecule has 0 unspecified atom stereocenters. The van der Waals surface area contributed by atoms with Gasteiger partial charge in [0.2, 0.25) is 0 Å². The van der Waals surface area contributed by atoms with Crippen LogP contribution in [0.15, 0.2) is 152 Å². The van der Waals surface area contributed by atoms with E-state index in [1.165, 1.54) is 21.5 Å². The highest BCUT2D eigenvalue weighted by molar-refractivity contribution is 6.18. The second kappa shape index (κ2) is 9.36. The Kier molecular flexibility index (Phi) is 5.36. The van der Waals surface area contributed by atoms with Gasteiger partial charge in [-0.1, -0.05) is 133 Å². The molecule has 1 N–H and O–H groups in total. The lowest BCUT2D eigenvalue weighted by Crippen LogP contribution is -1.93. The van der Waals surface area contributed by atoms with Crippen LogP contribution < -0.4 is 0 Å². The molecule has 0 spiro atoms. The summed E-state index contributed by atoms with van der Waals surface area (Å²) in [6.07, 6.45) is 0. The monoisotopic (exact) mass is 522 g/mol. The fourth-order valence-electron chi connectivity index (χ4n) is 6.39.